The van der Waals surface area contributed by atoms with E-state index in [9.17, 15) is 4.79 Å². The number of aromatic amines is 1. The number of amides is 1. The monoisotopic (exact) mass is 669 g/mol. The van der Waals surface area contributed by atoms with Crippen molar-refractivity contribution in [1.82, 2.24) is 25.2 Å². The number of halogens is 2. The minimum atomic E-state index is 0.173. The Morgan fingerprint density at radius 3 is 2.28 bits per heavy atom. The highest BCUT2D eigenvalue weighted by Crippen LogP contribution is 2.35. The fourth-order valence-corrected chi connectivity index (χ4v) is 5.48. The smallest absolute Gasteiger partial charge is 0.254 e. The molecule has 46 heavy (non-hydrogen) atoms. The number of allylic oxidation sites excluding steroid dienone is 1. The van der Waals surface area contributed by atoms with Gasteiger partial charge in [-0.3, -0.25) is 9.78 Å². The number of benzene rings is 1. The highest BCUT2D eigenvalue weighted by atomic mass is 35.5. The number of pyridine rings is 1. The second kappa shape index (κ2) is 23.4. The summed E-state index contributed by atoms with van der Waals surface area (Å²) in [6, 6.07) is 9.61. The Hall–Kier alpha value is -2.93. The van der Waals surface area contributed by atoms with Crippen molar-refractivity contribution < 1.29 is 4.79 Å². The molecule has 1 aliphatic rings. The molecule has 0 spiro atoms. The Labute approximate surface area is 289 Å². The van der Waals surface area contributed by atoms with Crippen LogP contribution in [0.4, 0.5) is 0 Å². The van der Waals surface area contributed by atoms with Crippen LogP contribution in [0.1, 0.15) is 106 Å². The first-order chi connectivity index (χ1) is 22.4. The van der Waals surface area contributed by atoms with Gasteiger partial charge in [0.1, 0.15) is 5.82 Å². The molecule has 6 nitrogen and oxygen atoms in total. The highest BCUT2D eigenvalue weighted by molar-refractivity contribution is 6.42. The van der Waals surface area contributed by atoms with Gasteiger partial charge in [-0.1, -0.05) is 96.3 Å². The van der Waals surface area contributed by atoms with Crippen molar-refractivity contribution in [1.29, 1.82) is 0 Å². The molecule has 1 amide bonds. The Kier molecular flexibility index (Phi) is 20.9. The molecule has 0 bridgehead atoms. The lowest BCUT2D eigenvalue weighted by atomic mass is 10.0. The van der Waals surface area contributed by atoms with Crippen molar-refractivity contribution >= 4 is 29.1 Å². The Balaban J connectivity index is 0.00000166. The van der Waals surface area contributed by atoms with Crippen LogP contribution in [0.15, 0.2) is 66.0 Å². The average Bonchev–Trinajstić information content (AvgIpc) is 3.66. The van der Waals surface area contributed by atoms with Gasteiger partial charge >= 0.3 is 0 Å². The Bertz CT molecular complexity index is 1350. The number of H-pyrrole nitrogens is 1. The maximum Gasteiger partial charge on any atom is 0.254 e. The van der Waals surface area contributed by atoms with E-state index in [4.69, 9.17) is 28.2 Å². The molecule has 1 aliphatic heterocycles. The van der Waals surface area contributed by atoms with Gasteiger partial charge in [-0.2, -0.15) is 0 Å². The summed E-state index contributed by atoms with van der Waals surface area (Å²) in [4.78, 5) is 27.3. The predicted octanol–water partition coefficient (Wildman–Crippen LogP) is 10.9. The van der Waals surface area contributed by atoms with Crippen LogP contribution in [-0.4, -0.2) is 51.9 Å². The molecule has 3 heterocycles. The fraction of sp³-hybridized carbons (Fsp3) is 0.500. The summed E-state index contributed by atoms with van der Waals surface area (Å²) in [6.07, 6.45) is 12.7. The van der Waals surface area contributed by atoms with Crippen molar-refractivity contribution in [3.63, 3.8) is 0 Å². The van der Waals surface area contributed by atoms with E-state index in [-0.39, 0.29) is 5.91 Å². The van der Waals surface area contributed by atoms with E-state index in [1.807, 2.05) is 95.8 Å². The largest absolute Gasteiger partial charge is 0.341 e. The minimum Gasteiger partial charge on any atom is -0.341 e. The first-order valence-electron chi connectivity index (χ1n) is 17.2. The lowest BCUT2D eigenvalue weighted by molar-refractivity contribution is -0.125. The molecule has 254 valence electrons. The number of aromatic nitrogens is 3. The van der Waals surface area contributed by atoms with E-state index in [1.165, 1.54) is 5.57 Å². The zero-order chi connectivity index (χ0) is 34.5. The molecule has 0 saturated carbocycles. The number of hydrogen-bond donors (Lipinski definition) is 2. The first-order valence-corrected chi connectivity index (χ1v) is 18.0. The molecule has 0 aliphatic carbocycles. The summed E-state index contributed by atoms with van der Waals surface area (Å²) in [6.45, 7) is 21.7. The molecule has 2 N–H and O–H groups in total. The van der Waals surface area contributed by atoms with Gasteiger partial charge in [0.2, 0.25) is 0 Å². The van der Waals surface area contributed by atoms with Gasteiger partial charge in [-0.05, 0) is 82.5 Å². The van der Waals surface area contributed by atoms with Crippen LogP contribution in [0, 0.1) is 0 Å². The Morgan fingerprint density at radius 2 is 1.65 bits per heavy atom. The van der Waals surface area contributed by atoms with E-state index in [0.717, 1.165) is 92.2 Å². The normalized spacial score (nSPS) is 13.1. The third kappa shape index (κ3) is 12.0. The van der Waals surface area contributed by atoms with Crippen LogP contribution in [0.2, 0.25) is 10.0 Å². The van der Waals surface area contributed by atoms with Crippen molar-refractivity contribution in [3.8, 4) is 22.5 Å². The number of rotatable bonds is 14. The molecule has 1 aromatic carbocycles. The molecule has 1 atom stereocenters. The second-order valence-electron chi connectivity index (χ2n) is 10.3. The van der Waals surface area contributed by atoms with Gasteiger partial charge < -0.3 is 15.2 Å². The molecule has 0 saturated heterocycles. The summed E-state index contributed by atoms with van der Waals surface area (Å²) in [5, 5.41) is 4.65. The van der Waals surface area contributed by atoms with E-state index in [2.05, 4.69) is 29.1 Å². The zero-order valence-electron chi connectivity index (χ0n) is 29.6. The summed E-state index contributed by atoms with van der Waals surface area (Å²) < 4.78 is 0. The molecular formula is C38H57Cl2N5O. The third-order valence-corrected chi connectivity index (χ3v) is 8.19. The summed E-state index contributed by atoms with van der Waals surface area (Å²) in [5.41, 5.74) is 5.82. The van der Waals surface area contributed by atoms with Gasteiger partial charge in [0.15, 0.2) is 0 Å². The summed E-state index contributed by atoms with van der Waals surface area (Å²) in [5.74, 6) is 1.45. The lowest BCUT2D eigenvalue weighted by Crippen LogP contribution is -2.28. The minimum absolute atomic E-state index is 0.173. The summed E-state index contributed by atoms with van der Waals surface area (Å²) >= 11 is 12.5. The first kappa shape index (κ1) is 41.1. The van der Waals surface area contributed by atoms with E-state index in [0.29, 0.717) is 16.0 Å². The quantitative estimate of drug-likeness (QED) is 0.167. The number of carbonyl (C=O) groups excluding carboxylic acids is 1. The third-order valence-electron chi connectivity index (χ3n) is 7.45. The van der Waals surface area contributed by atoms with E-state index >= 15 is 0 Å². The van der Waals surface area contributed by atoms with Gasteiger partial charge in [-0.25, -0.2) is 4.98 Å². The number of imidazole rings is 1. The molecule has 8 heteroatoms. The molecule has 1 unspecified atom stereocenters. The van der Waals surface area contributed by atoms with Crippen LogP contribution < -0.4 is 5.32 Å². The van der Waals surface area contributed by atoms with E-state index < -0.39 is 0 Å². The Morgan fingerprint density at radius 1 is 0.957 bits per heavy atom. The van der Waals surface area contributed by atoms with Crippen molar-refractivity contribution in [2.45, 2.75) is 100 Å². The summed E-state index contributed by atoms with van der Waals surface area (Å²) in [7, 11) is 0. The van der Waals surface area contributed by atoms with Crippen LogP contribution in [0.5, 0.6) is 0 Å². The molecule has 0 fully saturated rings. The van der Waals surface area contributed by atoms with Crippen molar-refractivity contribution in [3.05, 3.63) is 81.9 Å². The molecule has 3 aromatic rings. The number of carbonyl (C=O) groups is 1. The van der Waals surface area contributed by atoms with Gasteiger partial charge in [-0.15, -0.1) is 0 Å². The SMILES string of the molecule is C/C=C\C1=C(C)CN(CCCCCNCCC(CC)c2nc(-c3ccc(Cl)c(Cl)c3)c(-c3ccncc3)[nH]2)C1=O.CC.CC.CC. The zero-order valence-corrected chi connectivity index (χ0v) is 31.2. The number of hydrogen-bond acceptors (Lipinski definition) is 4. The van der Waals surface area contributed by atoms with Crippen LogP contribution in [0.3, 0.4) is 0 Å². The highest BCUT2D eigenvalue weighted by Gasteiger charge is 2.25. The van der Waals surface area contributed by atoms with Gasteiger partial charge in [0, 0.05) is 48.1 Å². The molecule has 4 rings (SSSR count). The maximum atomic E-state index is 12.5. The van der Waals surface area contributed by atoms with Gasteiger partial charge in [0.05, 0.1) is 21.4 Å². The topological polar surface area (TPSA) is 73.9 Å². The molecule has 2 aromatic heterocycles. The maximum absolute atomic E-state index is 12.5. The van der Waals surface area contributed by atoms with Crippen LogP contribution in [-0.2, 0) is 4.79 Å². The van der Waals surface area contributed by atoms with Crippen LogP contribution in [0.25, 0.3) is 22.5 Å². The van der Waals surface area contributed by atoms with Crippen LogP contribution >= 0.6 is 23.2 Å². The van der Waals surface area contributed by atoms with Crippen molar-refractivity contribution in [2.24, 2.45) is 0 Å². The van der Waals surface area contributed by atoms with E-state index in [1.54, 1.807) is 12.4 Å². The van der Waals surface area contributed by atoms with Gasteiger partial charge in [0.25, 0.3) is 5.91 Å². The molecular weight excluding hydrogens is 613 g/mol. The number of nitrogens with one attached hydrogen (secondary N) is 2. The second-order valence-corrected chi connectivity index (χ2v) is 11.2. The van der Waals surface area contributed by atoms with Crippen molar-refractivity contribution in [2.75, 3.05) is 26.2 Å². The average molecular weight is 671 g/mol. The predicted molar refractivity (Wildman–Crippen MR) is 200 cm³/mol. The standard InChI is InChI=1S/C32H39Cl2N5O.3C2H6/c1-4-9-26-22(3)21-39(32(26)40)19-8-6-7-15-35-16-12-23(5-2)31-37-29(24-13-17-36-18-14-24)30(38-31)25-10-11-27(33)28(34)20-25;3*1-2/h4,9-11,13-14,17-18,20,23,35H,5-8,12,15-16,19,21H2,1-3H3,(H,37,38);3*1-2H3/b9-4-;;;. The molecule has 0 radical (unpaired) electrons. The number of nitrogens with zero attached hydrogens (tertiary/aromatic N) is 3. The fourth-order valence-electron chi connectivity index (χ4n) is 5.19. The number of unbranched alkanes of at least 4 members (excludes halogenated alkanes) is 2. The lowest BCUT2D eigenvalue weighted by Gasteiger charge is -2.16.